The van der Waals surface area contributed by atoms with Crippen LogP contribution >= 0.6 is 23.2 Å². The third kappa shape index (κ3) is 4.63. The molecule has 0 bridgehead atoms. The third-order valence-electron chi connectivity index (χ3n) is 4.99. The standard InChI is InChI=1S/C24H19Cl2N3O2/c1-15(27-24(31)17-8-12-19(26)13-9-17)23-28-20-4-2-3-5-21(20)29(23)14-22(30)16-6-10-18(25)11-7-16/h2-13,15H,14H2,1H3,(H,27,31). The van der Waals surface area contributed by atoms with Crippen molar-refractivity contribution in [3.8, 4) is 0 Å². The predicted molar refractivity (Wildman–Crippen MR) is 123 cm³/mol. The van der Waals surface area contributed by atoms with E-state index in [4.69, 9.17) is 23.2 Å². The SMILES string of the molecule is CC(NC(=O)c1ccc(Cl)cc1)c1nc2ccccc2n1CC(=O)c1ccc(Cl)cc1. The van der Waals surface area contributed by atoms with Gasteiger partial charge in [0.1, 0.15) is 5.82 Å². The summed E-state index contributed by atoms with van der Waals surface area (Å²) < 4.78 is 1.85. The molecule has 1 atom stereocenters. The lowest BCUT2D eigenvalue weighted by atomic mass is 10.1. The second-order valence-electron chi connectivity index (χ2n) is 7.18. The Balaban J connectivity index is 1.64. The highest BCUT2D eigenvalue weighted by Gasteiger charge is 2.21. The van der Waals surface area contributed by atoms with E-state index in [1.54, 1.807) is 48.5 Å². The molecule has 0 aliphatic rings. The zero-order chi connectivity index (χ0) is 22.0. The molecule has 0 fully saturated rings. The number of imidazole rings is 1. The molecule has 4 rings (SSSR count). The fraction of sp³-hybridized carbons (Fsp3) is 0.125. The maximum Gasteiger partial charge on any atom is 0.251 e. The van der Waals surface area contributed by atoms with Gasteiger partial charge in [-0.1, -0.05) is 35.3 Å². The smallest absolute Gasteiger partial charge is 0.251 e. The highest BCUT2D eigenvalue weighted by atomic mass is 35.5. The molecule has 7 heteroatoms. The number of para-hydroxylation sites is 2. The van der Waals surface area contributed by atoms with Gasteiger partial charge in [-0.2, -0.15) is 0 Å². The fourth-order valence-corrected chi connectivity index (χ4v) is 3.66. The van der Waals surface area contributed by atoms with Crippen LogP contribution in [-0.2, 0) is 6.54 Å². The molecule has 1 aromatic heterocycles. The van der Waals surface area contributed by atoms with Crippen LogP contribution in [0.2, 0.25) is 10.0 Å². The Morgan fingerprint density at radius 2 is 1.48 bits per heavy atom. The van der Waals surface area contributed by atoms with Gasteiger partial charge in [0, 0.05) is 21.2 Å². The third-order valence-corrected chi connectivity index (χ3v) is 5.50. The van der Waals surface area contributed by atoms with E-state index >= 15 is 0 Å². The van der Waals surface area contributed by atoms with Gasteiger partial charge in [-0.3, -0.25) is 9.59 Å². The Morgan fingerprint density at radius 1 is 0.903 bits per heavy atom. The number of nitrogens with one attached hydrogen (secondary N) is 1. The molecule has 3 aromatic carbocycles. The predicted octanol–water partition coefficient (Wildman–Crippen LogP) is 5.72. The molecule has 1 amide bonds. The van der Waals surface area contributed by atoms with Crippen LogP contribution in [0.25, 0.3) is 11.0 Å². The van der Waals surface area contributed by atoms with Crippen LogP contribution in [0.3, 0.4) is 0 Å². The van der Waals surface area contributed by atoms with Crippen molar-refractivity contribution >= 4 is 45.9 Å². The van der Waals surface area contributed by atoms with E-state index in [0.717, 1.165) is 11.0 Å². The van der Waals surface area contributed by atoms with Gasteiger partial charge in [0.2, 0.25) is 0 Å². The minimum Gasteiger partial charge on any atom is -0.342 e. The van der Waals surface area contributed by atoms with Crippen LogP contribution in [-0.4, -0.2) is 21.2 Å². The second-order valence-corrected chi connectivity index (χ2v) is 8.05. The van der Waals surface area contributed by atoms with Gasteiger partial charge in [0.15, 0.2) is 5.78 Å². The van der Waals surface area contributed by atoms with Crippen LogP contribution in [0, 0.1) is 0 Å². The number of fused-ring (bicyclic) bond motifs is 1. The summed E-state index contributed by atoms with van der Waals surface area (Å²) in [5.74, 6) is 0.287. The van der Waals surface area contributed by atoms with Crippen molar-refractivity contribution in [1.29, 1.82) is 0 Å². The second kappa shape index (κ2) is 8.92. The number of hydrogen-bond acceptors (Lipinski definition) is 3. The fourth-order valence-electron chi connectivity index (χ4n) is 3.41. The normalized spacial score (nSPS) is 12.0. The Morgan fingerprint density at radius 3 is 2.13 bits per heavy atom. The number of benzene rings is 3. The molecular weight excluding hydrogens is 433 g/mol. The number of aromatic nitrogens is 2. The van der Waals surface area contributed by atoms with Crippen LogP contribution in [0.1, 0.15) is 39.5 Å². The summed E-state index contributed by atoms with van der Waals surface area (Å²) >= 11 is 11.8. The molecule has 4 aromatic rings. The van der Waals surface area contributed by atoms with Crippen molar-refractivity contribution in [1.82, 2.24) is 14.9 Å². The van der Waals surface area contributed by atoms with Gasteiger partial charge in [0.05, 0.1) is 23.6 Å². The molecule has 0 aliphatic carbocycles. The molecule has 0 saturated carbocycles. The van der Waals surface area contributed by atoms with Crippen LogP contribution in [0.15, 0.2) is 72.8 Å². The lowest BCUT2D eigenvalue weighted by molar-refractivity contribution is 0.0937. The number of nitrogens with zero attached hydrogens (tertiary/aromatic N) is 2. The molecule has 0 spiro atoms. The summed E-state index contributed by atoms with van der Waals surface area (Å²) in [6.45, 7) is 1.94. The first-order valence-electron chi connectivity index (χ1n) is 9.73. The summed E-state index contributed by atoms with van der Waals surface area (Å²) in [5.41, 5.74) is 2.64. The number of Topliss-reactive ketones (excluding diaryl/α,β-unsaturated/α-hetero) is 1. The maximum atomic E-state index is 12.9. The van der Waals surface area contributed by atoms with Crippen molar-refractivity contribution in [2.75, 3.05) is 0 Å². The van der Waals surface area contributed by atoms with E-state index in [-0.39, 0.29) is 18.2 Å². The summed E-state index contributed by atoms with van der Waals surface area (Å²) in [5, 5.41) is 4.09. The van der Waals surface area contributed by atoms with Gasteiger partial charge in [-0.05, 0) is 67.6 Å². The number of carbonyl (C=O) groups excluding carboxylic acids is 2. The van der Waals surface area contributed by atoms with Crippen LogP contribution in [0.5, 0.6) is 0 Å². The van der Waals surface area contributed by atoms with Crippen molar-refractivity contribution < 1.29 is 9.59 Å². The summed E-state index contributed by atoms with van der Waals surface area (Å²) in [6, 6.07) is 20.6. The highest BCUT2D eigenvalue weighted by molar-refractivity contribution is 6.31. The Kier molecular flexibility index (Phi) is 6.07. The first-order chi connectivity index (χ1) is 14.9. The van der Waals surface area contributed by atoms with Crippen LogP contribution in [0.4, 0.5) is 0 Å². The molecule has 0 radical (unpaired) electrons. The highest BCUT2D eigenvalue weighted by Crippen LogP contribution is 2.22. The molecule has 1 unspecified atom stereocenters. The average Bonchev–Trinajstić information content (AvgIpc) is 3.13. The lowest BCUT2D eigenvalue weighted by Gasteiger charge is -2.16. The van der Waals surface area contributed by atoms with E-state index in [0.29, 0.717) is 27.0 Å². The minimum absolute atomic E-state index is 0.0719. The minimum atomic E-state index is -0.423. The van der Waals surface area contributed by atoms with Gasteiger partial charge in [-0.15, -0.1) is 0 Å². The monoisotopic (exact) mass is 451 g/mol. The van der Waals surface area contributed by atoms with E-state index in [1.165, 1.54) is 0 Å². The summed E-state index contributed by atoms with van der Waals surface area (Å²) in [6.07, 6.45) is 0. The number of ketones is 1. The van der Waals surface area contributed by atoms with E-state index < -0.39 is 6.04 Å². The molecule has 0 saturated heterocycles. The molecule has 0 aliphatic heterocycles. The molecule has 1 heterocycles. The van der Waals surface area contributed by atoms with E-state index in [2.05, 4.69) is 10.3 Å². The van der Waals surface area contributed by atoms with Crippen molar-refractivity contribution in [3.05, 3.63) is 99.8 Å². The Hall–Kier alpha value is -3.15. The topological polar surface area (TPSA) is 64.0 Å². The Labute approximate surface area is 189 Å². The molecular formula is C24H19Cl2N3O2. The van der Waals surface area contributed by atoms with E-state index in [9.17, 15) is 9.59 Å². The quantitative estimate of drug-likeness (QED) is 0.381. The summed E-state index contributed by atoms with van der Waals surface area (Å²) in [7, 11) is 0. The zero-order valence-corrected chi connectivity index (χ0v) is 18.2. The van der Waals surface area contributed by atoms with Crippen molar-refractivity contribution in [2.24, 2.45) is 0 Å². The van der Waals surface area contributed by atoms with Crippen molar-refractivity contribution in [3.63, 3.8) is 0 Å². The number of halogens is 2. The van der Waals surface area contributed by atoms with Gasteiger partial charge < -0.3 is 9.88 Å². The number of rotatable bonds is 6. The van der Waals surface area contributed by atoms with Crippen LogP contribution < -0.4 is 5.32 Å². The average molecular weight is 452 g/mol. The van der Waals surface area contributed by atoms with Gasteiger partial charge >= 0.3 is 0 Å². The lowest BCUT2D eigenvalue weighted by Crippen LogP contribution is -2.29. The maximum absolute atomic E-state index is 12.9. The van der Waals surface area contributed by atoms with E-state index in [1.807, 2.05) is 35.8 Å². The molecule has 5 nitrogen and oxygen atoms in total. The molecule has 156 valence electrons. The number of hydrogen-bond donors (Lipinski definition) is 1. The van der Waals surface area contributed by atoms with Crippen molar-refractivity contribution in [2.45, 2.75) is 19.5 Å². The zero-order valence-electron chi connectivity index (χ0n) is 16.7. The molecule has 1 N–H and O–H groups in total. The largest absolute Gasteiger partial charge is 0.342 e. The first kappa shape index (κ1) is 21.1. The van der Waals surface area contributed by atoms with Gasteiger partial charge in [-0.25, -0.2) is 4.98 Å². The first-order valence-corrected chi connectivity index (χ1v) is 10.5. The Bertz CT molecular complexity index is 1250. The number of amides is 1. The summed E-state index contributed by atoms with van der Waals surface area (Å²) in [4.78, 5) is 30.3. The van der Waals surface area contributed by atoms with Gasteiger partial charge in [0.25, 0.3) is 5.91 Å². The molecule has 31 heavy (non-hydrogen) atoms. The number of carbonyl (C=O) groups is 2.